The Morgan fingerprint density at radius 2 is 1.90 bits per heavy atom. The van der Waals surface area contributed by atoms with Gasteiger partial charge in [-0.25, -0.2) is 8.78 Å². The molecule has 7 heteroatoms. The minimum absolute atomic E-state index is 0.0377. The Balaban J connectivity index is 2.07. The Morgan fingerprint density at radius 1 is 1.20 bits per heavy atom. The van der Waals surface area contributed by atoms with Crippen LogP contribution in [-0.2, 0) is 7.05 Å². The highest BCUT2D eigenvalue weighted by Crippen LogP contribution is 2.29. The van der Waals surface area contributed by atoms with Gasteiger partial charge < -0.3 is 5.73 Å². The minimum Gasteiger partial charge on any atom is -0.399 e. The highest BCUT2D eigenvalue weighted by molar-refractivity contribution is 5.69. The molecule has 20 heavy (non-hydrogen) atoms. The maximum atomic E-state index is 13.8. The Bertz CT molecular complexity index is 752. The van der Waals surface area contributed by atoms with Gasteiger partial charge in [-0.1, -0.05) is 0 Å². The summed E-state index contributed by atoms with van der Waals surface area (Å²) in [6, 6.07) is 3.71. The molecule has 2 heterocycles. The molecule has 3 N–H and O–H groups in total. The second-order valence-corrected chi connectivity index (χ2v) is 4.43. The van der Waals surface area contributed by atoms with Crippen molar-refractivity contribution in [2.24, 2.45) is 7.05 Å². The molecule has 1 aromatic carbocycles. The zero-order valence-corrected chi connectivity index (χ0v) is 10.6. The molecule has 0 amide bonds. The lowest BCUT2D eigenvalue weighted by Gasteiger charge is -2.03. The molecule has 0 saturated heterocycles. The maximum absolute atomic E-state index is 13.8. The number of aromatic nitrogens is 4. The summed E-state index contributed by atoms with van der Waals surface area (Å²) in [6.07, 6.45) is 3.38. The molecular weight excluding hydrogens is 264 g/mol. The van der Waals surface area contributed by atoms with Crippen LogP contribution in [0.25, 0.3) is 22.5 Å². The van der Waals surface area contributed by atoms with Crippen molar-refractivity contribution in [3.05, 3.63) is 42.2 Å². The Hall–Kier alpha value is -2.70. The number of aromatic amines is 1. The van der Waals surface area contributed by atoms with Crippen molar-refractivity contribution in [2.75, 3.05) is 5.73 Å². The summed E-state index contributed by atoms with van der Waals surface area (Å²) in [5.41, 5.74) is 6.81. The first kappa shape index (κ1) is 12.3. The zero-order chi connectivity index (χ0) is 14.3. The second-order valence-electron chi connectivity index (χ2n) is 4.43. The van der Waals surface area contributed by atoms with Gasteiger partial charge in [0.05, 0.1) is 23.1 Å². The topological polar surface area (TPSA) is 72.5 Å². The number of aryl methyl sites for hydroxylation is 1. The quantitative estimate of drug-likeness (QED) is 0.705. The van der Waals surface area contributed by atoms with Gasteiger partial charge in [-0.15, -0.1) is 0 Å². The van der Waals surface area contributed by atoms with Gasteiger partial charge in [-0.05, 0) is 18.2 Å². The molecule has 0 fully saturated rings. The number of hydrogen-bond acceptors (Lipinski definition) is 3. The van der Waals surface area contributed by atoms with Crippen LogP contribution in [-0.4, -0.2) is 20.0 Å². The van der Waals surface area contributed by atoms with Gasteiger partial charge >= 0.3 is 0 Å². The summed E-state index contributed by atoms with van der Waals surface area (Å²) >= 11 is 0. The van der Waals surface area contributed by atoms with Gasteiger partial charge in [0.15, 0.2) is 0 Å². The lowest BCUT2D eigenvalue weighted by atomic mass is 10.1. The van der Waals surface area contributed by atoms with Gasteiger partial charge in [0.1, 0.15) is 11.6 Å². The number of nitrogens with two attached hydrogens (primary N) is 1. The highest BCUT2D eigenvalue weighted by atomic mass is 19.1. The van der Waals surface area contributed by atoms with Crippen molar-refractivity contribution in [1.82, 2.24) is 20.0 Å². The second kappa shape index (κ2) is 4.44. The zero-order valence-electron chi connectivity index (χ0n) is 10.6. The lowest BCUT2D eigenvalue weighted by Crippen LogP contribution is -1.94. The first-order valence-corrected chi connectivity index (χ1v) is 5.84. The van der Waals surface area contributed by atoms with E-state index in [0.717, 1.165) is 17.7 Å². The lowest BCUT2D eigenvalue weighted by molar-refractivity contribution is 0.589. The number of halogens is 2. The summed E-state index contributed by atoms with van der Waals surface area (Å²) in [5.74, 6) is -1.47. The third-order valence-corrected chi connectivity index (χ3v) is 2.91. The molecular formula is C13H11F2N5. The molecule has 5 nitrogen and oxygen atoms in total. The molecule has 3 rings (SSSR count). The van der Waals surface area contributed by atoms with Crippen molar-refractivity contribution in [1.29, 1.82) is 0 Å². The SMILES string of the molecule is Cn1cc(-c2cc(-c3c(F)cc(N)cc3F)[nH]n2)cn1. The average molecular weight is 275 g/mol. The molecule has 0 aliphatic heterocycles. The Morgan fingerprint density at radius 3 is 2.50 bits per heavy atom. The molecule has 0 aliphatic carbocycles. The van der Waals surface area contributed by atoms with Crippen molar-refractivity contribution < 1.29 is 8.78 Å². The minimum atomic E-state index is -0.733. The molecule has 0 spiro atoms. The van der Waals surface area contributed by atoms with Crippen LogP contribution in [0.4, 0.5) is 14.5 Å². The van der Waals surface area contributed by atoms with E-state index in [9.17, 15) is 8.78 Å². The number of anilines is 1. The molecule has 3 aromatic rings. The van der Waals surface area contributed by atoms with Crippen LogP contribution in [0.2, 0.25) is 0 Å². The van der Waals surface area contributed by atoms with Crippen LogP contribution in [0.3, 0.4) is 0 Å². The van der Waals surface area contributed by atoms with Gasteiger partial charge in [0, 0.05) is 24.5 Å². The molecule has 0 unspecified atom stereocenters. The first-order chi connectivity index (χ1) is 9.54. The average Bonchev–Trinajstić information content (AvgIpc) is 2.96. The molecule has 2 aromatic heterocycles. The maximum Gasteiger partial charge on any atom is 0.137 e. The van der Waals surface area contributed by atoms with Crippen molar-refractivity contribution >= 4 is 5.69 Å². The van der Waals surface area contributed by atoms with E-state index in [1.165, 1.54) is 0 Å². The summed E-state index contributed by atoms with van der Waals surface area (Å²) in [6.45, 7) is 0. The summed E-state index contributed by atoms with van der Waals surface area (Å²) in [5, 5.41) is 10.7. The van der Waals surface area contributed by atoms with E-state index in [-0.39, 0.29) is 16.9 Å². The number of nitrogen functional groups attached to an aromatic ring is 1. The van der Waals surface area contributed by atoms with Gasteiger partial charge in [0.25, 0.3) is 0 Å². The van der Waals surface area contributed by atoms with Crippen molar-refractivity contribution in [2.45, 2.75) is 0 Å². The van der Waals surface area contributed by atoms with Crippen LogP contribution >= 0.6 is 0 Å². The van der Waals surface area contributed by atoms with Gasteiger partial charge in [-0.3, -0.25) is 9.78 Å². The Kier molecular flexibility index (Phi) is 2.74. The molecule has 102 valence electrons. The number of nitrogens with one attached hydrogen (secondary N) is 1. The highest BCUT2D eigenvalue weighted by Gasteiger charge is 2.16. The largest absolute Gasteiger partial charge is 0.399 e. The summed E-state index contributed by atoms with van der Waals surface area (Å²) in [4.78, 5) is 0. The summed E-state index contributed by atoms with van der Waals surface area (Å²) in [7, 11) is 1.77. The molecule has 0 bridgehead atoms. The molecule has 0 radical (unpaired) electrons. The van der Waals surface area contributed by atoms with Crippen LogP contribution < -0.4 is 5.73 Å². The van der Waals surface area contributed by atoms with Crippen LogP contribution in [0.5, 0.6) is 0 Å². The van der Waals surface area contributed by atoms with Crippen molar-refractivity contribution in [3.63, 3.8) is 0 Å². The third-order valence-electron chi connectivity index (χ3n) is 2.91. The fourth-order valence-corrected chi connectivity index (χ4v) is 2.00. The fourth-order valence-electron chi connectivity index (χ4n) is 2.00. The van der Waals surface area contributed by atoms with Crippen LogP contribution in [0.1, 0.15) is 0 Å². The van der Waals surface area contributed by atoms with E-state index >= 15 is 0 Å². The number of H-pyrrole nitrogens is 1. The predicted molar refractivity (Wildman–Crippen MR) is 70.6 cm³/mol. The van der Waals surface area contributed by atoms with Crippen LogP contribution in [0, 0.1) is 11.6 Å². The summed E-state index contributed by atoms with van der Waals surface area (Å²) < 4.78 is 29.3. The van der Waals surface area contributed by atoms with Crippen molar-refractivity contribution in [3.8, 4) is 22.5 Å². The predicted octanol–water partition coefficient (Wildman–Crippen LogP) is 2.34. The van der Waals surface area contributed by atoms with E-state index < -0.39 is 11.6 Å². The van der Waals surface area contributed by atoms with Gasteiger partial charge in [-0.2, -0.15) is 10.2 Å². The van der Waals surface area contributed by atoms with Gasteiger partial charge in [0.2, 0.25) is 0 Å². The van der Waals surface area contributed by atoms with Crippen LogP contribution in [0.15, 0.2) is 30.6 Å². The normalized spacial score (nSPS) is 10.9. The molecule has 0 atom stereocenters. The number of rotatable bonds is 2. The van der Waals surface area contributed by atoms with E-state index in [4.69, 9.17) is 5.73 Å². The first-order valence-electron chi connectivity index (χ1n) is 5.84. The monoisotopic (exact) mass is 275 g/mol. The van der Waals surface area contributed by atoms with E-state index in [0.29, 0.717) is 5.69 Å². The molecule has 0 aliphatic rings. The number of benzene rings is 1. The molecule has 0 saturated carbocycles. The third kappa shape index (κ3) is 2.03. The number of hydrogen-bond donors (Lipinski definition) is 2. The van der Waals surface area contributed by atoms with E-state index in [2.05, 4.69) is 15.3 Å². The Labute approximate surface area is 113 Å². The number of nitrogens with zero attached hydrogens (tertiary/aromatic N) is 3. The van der Waals surface area contributed by atoms with E-state index in [1.54, 1.807) is 30.2 Å². The standard InChI is InChI=1S/C13H11F2N5/c1-20-6-7(5-17-20)11-4-12(19-18-11)13-9(14)2-8(16)3-10(13)15/h2-6H,16H2,1H3,(H,18,19). The van der Waals surface area contributed by atoms with E-state index in [1.807, 2.05) is 0 Å². The fraction of sp³-hybridized carbons (Fsp3) is 0.0769. The smallest absolute Gasteiger partial charge is 0.137 e.